The summed E-state index contributed by atoms with van der Waals surface area (Å²) in [7, 11) is 0. The second-order valence-electron chi connectivity index (χ2n) is 6.09. The maximum Gasteiger partial charge on any atom is 0.435 e. The lowest BCUT2D eigenvalue weighted by Gasteiger charge is -2.29. The van der Waals surface area contributed by atoms with Crippen LogP contribution in [0.2, 0.25) is 10.0 Å². The minimum atomic E-state index is -4.69. The molecule has 0 N–H and O–H groups in total. The van der Waals surface area contributed by atoms with Gasteiger partial charge in [-0.25, -0.2) is 0 Å². The van der Waals surface area contributed by atoms with Gasteiger partial charge in [-0.15, -0.1) is 0 Å². The molecule has 132 valence electrons. The number of hydrogen-bond acceptors (Lipinski definition) is 2. The van der Waals surface area contributed by atoms with Crippen molar-refractivity contribution >= 4 is 28.9 Å². The Morgan fingerprint density at radius 1 is 1.00 bits per heavy atom. The first-order valence-corrected chi connectivity index (χ1v) is 8.24. The summed E-state index contributed by atoms with van der Waals surface area (Å²) >= 11 is 11.8. The Bertz CT molecular complexity index is 844. The molecule has 7 heteroatoms. The van der Waals surface area contributed by atoms with Crippen LogP contribution in [0.25, 0.3) is 0 Å². The van der Waals surface area contributed by atoms with Crippen molar-refractivity contribution in [3.63, 3.8) is 0 Å². The molecule has 3 rings (SSSR count). The fraction of sp³-hybridized carbons (Fsp3) is 0.278. The zero-order valence-corrected chi connectivity index (χ0v) is 14.9. The fourth-order valence-corrected chi connectivity index (χ4v) is 3.29. The van der Waals surface area contributed by atoms with Crippen LogP contribution in [-0.2, 0) is 10.4 Å². The first-order chi connectivity index (χ1) is 11.6. The molecule has 0 aliphatic carbocycles. The van der Waals surface area contributed by atoms with Crippen LogP contribution in [0.4, 0.5) is 13.2 Å². The van der Waals surface area contributed by atoms with Crippen LogP contribution in [0.15, 0.2) is 41.6 Å². The average Bonchev–Trinajstić information content (AvgIpc) is 2.95. The second-order valence-corrected chi connectivity index (χ2v) is 6.96. The van der Waals surface area contributed by atoms with E-state index in [0.717, 1.165) is 11.1 Å². The third-order valence-electron chi connectivity index (χ3n) is 4.35. The Morgan fingerprint density at radius 3 is 2.20 bits per heavy atom. The van der Waals surface area contributed by atoms with Gasteiger partial charge < -0.3 is 4.84 Å². The zero-order valence-electron chi connectivity index (χ0n) is 13.4. The van der Waals surface area contributed by atoms with Crippen molar-refractivity contribution in [2.45, 2.75) is 32.0 Å². The molecule has 1 atom stereocenters. The summed E-state index contributed by atoms with van der Waals surface area (Å²) < 4.78 is 41.7. The summed E-state index contributed by atoms with van der Waals surface area (Å²) in [5.41, 5.74) is 0.0804. The summed E-state index contributed by atoms with van der Waals surface area (Å²) in [5, 5.41) is 3.95. The predicted octanol–water partition coefficient (Wildman–Crippen LogP) is 6.19. The van der Waals surface area contributed by atoms with E-state index in [1.54, 1.807) is 12.1 Å². The van der Waals surface area contributed by atoms with Crippen LogP contribution >= 0.6 is 23.2 Å². The van der Waals surface area contributed by atoms with Gasteiger partial charge in [-0.3, -0.25) is 0 Å². The molecule has 2 nitrogen and oxygen atoms in total. The Hall–Kier alpha value is -1.72. The first kappa shape index (κ1) is 18.1. The van der Waals surface area contributed by atoms with E-state index in [1.807, 2.05) is 19.9 Å². The van der Waals surface area contributed by atoms with Gasteiger partial charge in [0.15, 0.2) is 0 Å². The summed E-state index contributed by atoms with van der Waals surface area (Å²) in [5.74, 6) is 0. The maximum absolute atomic E-state index is 13.9. The van der Waals surface area contributed by atoms with Crippen molar-refractivity contribution in [2.75, 3.05) is 0 Å². The summed E-state index contributed by atoms with van der Waals surface area (Å²) in [6.45, 7) is 3.82. The smallest absolute Gasteiger partial charge is 0.374 e. The van der Waals surface area contributed by atoms with Crippen molar-refractivity contribution in [3.8, 4) is 0 Å². The number of halogens is 5. The van der Waals surface area contributed by atoms with Gasteiger partial charge in [0, 0.05) is 22.0 Å². The fourth-order valence-electron chi connectivity index (χ4n) is 2.77. The topological polar surface area (TPSA) is 21.6 Å². The molecule has 0 spiro atoms. The van der Waals surface area contributed by atoms with Crippen LogP contribution in [0, 0.1) is 13.8 Å². The molecule has 0 radical (unpaired) electrons. The van der Waals surface area contributed by atoms with Gasteiger partial charge in [-0.05, 0) is 54.8 Å². The molecule has 1 heterocycles. The number of rotatable bonds is 2. The molecule has 0 saturated carbocycles. The highest BCUT2D eigenvalue weighted by Gasteiger charge is 2.62. The number of alkyl halides is 3. The third kappa shape index (κ3) is 3.23. The minimum Gasteiger partial charge on any atom is -0.374 e. The standard InChI is InChI=1S/C18H14Cl2F3NO/c1-10-3-4-12(5-11(10)2)16-9-17(25-24-16,18(21,22)23)13-6-14(19)8-15(20)7-13/h3-8H,9H2,1-2H3. The Balaban J connectivity index is 2.04. The average molecular weight is 388 g/mol. The number of nitrogens with zero attached hydrogens (tertiary/aromatic N) is 1. The largest absolute Gasteiger partial charge is 0.435 e. The van der Waals surface area contributed by atoms with E-state index in [-0.39, 0.29) is 21.3 Å². The molecular formula is C18H14Cl2F3NO. The van der Waals surface area contributed by atoms with Gasteiger partial charge in [-0.1, -0.05) is 40.5 Å². The molecular weight excluding hydrogens is 374 g/mol. The molecule has 2 aromatic rings. The Morgan fingerprint density at radius 2 is 1.64 bits per heavy atom. The van der Waals surface area contributed by atoms with Gasteiger partial charge in [0.05, 0.1) is 5.71 Å². The Kier molecular flexibility index (Phi) is 4.50. The van der Waals surface area contributed by atoms with E-state index >= 15 is 0 Å². The second kappa shape index (κ2) is 6.22. The van der Waals surface area contributed by atoms with Crippen LogP contribution in [0.5, 0.6) is 0 Å². The van der Waals surface area contributed by atoms with E-state index < -0.39 is 18.2 Å². The quantitative estimate of drug-likeness (QED) is 0.601. The minimum absolute atomic E-state index is 0.106. The molecule has 1 aliphatic heterocycles. The summed E-state index contributed by atoms with van der Waals surface area (Å²) in [4.78, 5) is 4.98. The molecule has 0 amide bonds. The van der Waals surface area contributed by atoms with E-state index in [0.29, 0.717) is 5.56 Å². The molecule has 1 unspecified atom stereocenters. The van der Waals surface area contributed by atoms with Crippen LogP contribution in [0.3, 0.4) is 0 Å². The lowest BCUT2D eigenvalue weighted by molar-refractivity contribution is -0.275. The van der Waals surface area contributed by atoms with Crippen molar-refractivity contribution in [1.29, 1.82) is 0 Å². The van der Waals surface area contributed by atoms with Crippen molar-refractivity contribution in [3.05, 3.63) is 68.7 Å². The van der Waals surface area contributed by atoms with Crippen molar-refractivity contribution in [1.82, 2.24) is 0 Å². The highest BCUT2D eigenvalue weighted by atomic mass is 35.5. The van der Waals surface area contributed by atoms with E-state index in [1.165, 1.54) is 18.2 Å². The number of benzene rings is 2. The highest BCUT2D eigenvalue weighted by molar-refractivity contribution is 6.34. The van der Waals surface area contributed by atoms with Crippen LogP contribution < -0.4 is 0 Å². The third-order valence-corrected chi connectivity index (χ3v) is 4.79. The van der Waals surface area contributed by atoms with E-state index in [2.05, 4.69) is 5.16 Å². The predicted molar refractivity (Wildman–Crippen MR) is 92.4 cm³/mol. The van der Waals surface area contributed by atoms with Gasteiger partial charge >= 0.3 is 6.18 Å². The van der Waals surface area contributed by atoms with E-state index in [9.17, 15) is 13.2 Å². The van der Waals surface area contributed by atoms with Gasteiger partial charge in [0.2, 0.25) is 0 Å². The normalized spacial score (nSPS) is 20.4. The Labute approximate surface area is 153 Å². The first-order valence-electron chi connectivity index (χ1n) is 7.48. The van der Waals surface area contributed by atoms with Crippen molar-refractivity contribution < 1.29 is 18.0 Å². The van der Waals surface area contributed by atoms with Gasteiger partial charge in [0.25, 0.3) is 5.60 Å². The highest BCUT2D eigenvalue weighted by Crippen LogP contribution is 2.49. The lowest BCUT2D eigenvalue weighted by atomic mass is 9.86. The molecule has 0 saturated heterocycles. The molecule has 1 aliphatic rings. The van der Waals surface area contributed by atoms with Crippen LogP contribution in [-0.4, -0.2) is 11.9 Å². The summed E-state index contributed by atoms with van der Waals surface area (Å²) in [6.07, 6.45) is -5.14. The van der Waals surface area contributed by atoms with Crippen LogP contribution in [0.1, 0.15) is 28.7 Å². The summed E-state index contributed by atoms with van der Waals surface area (Å²) in [6, 6.07) is 9.17. The maximum atomic E-state index is 13.9. The number of oxime groups is 1. The number of hydrogen-bond donors (Lipinski definition) is 0. The molecule has 0 aromatic heterocycles. The SMILES string of the molecule is Cc1ccc(C2=NOC(c3cc(Cl)cc(Cl)c3)(C(F)(F)F)C2)cc1C. The zero-order chi connectivity index (χ0) is 18.4. The van der Waals surface area contributed by atoms with Gasteiger partial charge in [0.1, 0.15) is 0 Å². The van der Waals surface area contributed by atoms with Crippen molar-refractivity contribution in [2.24, 2.45) is 5.16 Å². The van der Waals surface area contributed by atoms with E-state index in [4.69, 9.17) is 28.0 Å². The monoisotopic (exact) mass is 387 g/mol. The molecule has 0 bridgehead atoms. The molecule has 25 heavy (non-hydrogen) atoms. The molecule has 2 aromatic carbocycles. The number of aryl methyl sites for hydroxylation is 2. The van der Waals surface area contributed by atoms with Gasteiger partial charge in [-0.2, -0.15) is 13.2 Å². The molecule has 0 fully saturated rings. The lowest BCUT2D eigenvalue weighted by Crippen LogP contribution is -2.42.